The molecule has 0 saturated carbocycles. The summed E-state index contributed by atoms with van der Waals surface area (Å²) in [5.74, 6) is -0.864. The van der Waals surface area contributed by atoms with Gasteiger partial charge in [-0.05, 0) is 12.8 Å². The van der Waals surface area contributed by atoms with Crippen molar-refractivity contribution in [3.8, 4) is 0 Å². The Morgan fingerprint density at radius 2 is 2.04 bits per heavy atom. The maximum atomic E-state index is 12.6. The Kier molecular flexibility index (Phi) is 5.12. The zero-order chi connectivity index (χ0) is 17.3. The summed E-state index contributed by atoms with van der Waals surface area (Å²) in [5, 5.41) is 15.4. The number of sulfonamides is 1. The molecule has 1 aliphatic rings. The molecular weight excluding hydrogens is 320 g/mol. The fourth-order valence-corrected chi connectivity index (χ4v) is 4.31. The molecule has 0 unspecified atom stereocenters. The van der Waals surface area contributed by atoms with E-state index >= 15 is 0 Å². The van der Waals surface area contributed by atoms with E-state index in [-0.39, 0.29) is 22.9 Å². The fourth-order valence-electron chi connectivity index (χ4n) is 2.70. The highest BCUT2D eigenvalue weighted by Crippen LogP contribution is 2.27. The number of likely N-dealkylation sites (tertiary alicyclic amines) is 1. The first-order valence-electron chi connectivity index (χ1n) is 7.60. The summed E-state index contributed by atoms with van der Waals surface area (Å²) in [4.78, 5) is 12.7. The Bertz CT molecular complexity index is 655. The lowest BCUT2D eigenvalue weighted by Crippen LogP contribution is -2.46. The molecule has 0 spiro atoms. The van der Waals surface area contributed by atoms with Crippen LogP contribution in [0.25, 0.3) is 0 Å². The topological polar surface area (TPSA) is 115 Å². The van der Waals surface area contributed by atoms with Crippen LogP contribution < -0.4 is 4.72 Å². The molecule has 0 aliphatic carbocycles. The van der Waals surface area contributed by atoms with Crippen molar-refractivity contribution >= 4 is 16.0 Å². The molecular formula is C14H24N4O4S. The third kappa shape index (κ3) is 4.52. The number of aromatic nitrogens is 2. The summed E-state index contributed by atoms with van der Waals surface area (Å²) in [6.07, 6.45) is 2.52. The molecule has 0 atom stereocenters. The first-order chi connectivity index (χ1) is 10.6. The molecule has 23 heavy (non-hydrogen) atoms. The minimum Gasteiger partial charge on any atom is -0.480 e. The Morgan fingerprint density at radius 1 is 1.43 bits per heavy atom. The van der Waals surface area contributed by atoms with E-state index in [0.717, 1.165) is 0 Å². The SMILES string of the molecule is CC(C)(C)c1[nH]ncc1S(=O)(=O)NC1CCN(CC(=O)O)CC1. The molecule has 1 aliphatic heterocycles. The summed E-state index contributed by atoms with van der Waals surface area (Å²) in [7, 11) is -3.65. The fraction of sp³-hybridized carbons (Fsp3) is 0.714. The molecule has 9 heteroatoms. The van der Waals surface area contributed by atoms with Gasteiger partial charge in [-0.1, -0.05) is 20.8 Å². The summed E-state index contributed by atoms with van der Waals surface area (Å²) in [6, 6.07) is -0.187. The lowest BCUT2D eigenvalue weighted by molar-refractivity contribution is -0.138. The Balaban J connectivity index is 2.03. The standard InChI is InChI=1S/C14H24N4O4S/c1-14(2,3)13-11(8-15-16-13)23(21,22)17-10-4-6-18(7-5-10)9-12(19)20/h8,10,17H,4-7,9H2,1-3H3,(H,15,16)(H,19,20). The van der Waals surface area contributed by atoms with Gasteiger partial charge in [0.15, 0.2) is 0 Å². The number of rotatable bonds is 5. The molecule has 1 aromatic heterocycles. The third-order valence-corrected chi connectivity index (χ3v) is 5.44. The maximum absolute atomic E-state index is 12.6. The highest BCUT2D eigenvalue weighted by molar-refractivity contribution is 7.89. The molecule has 2 heterocycles. The van der Waals surface area contributed by atoms with E-state index in [4.69, 9.17) is 5.11 Å². The first-order valence-corrected chi connectivity index (χ1v) is 9.08. The van der Waals surface area contributed by atoms with E-state index in [2.05, 4.69) is 14.9 Å². The van der Waals surface area contributed by atoms with Gasteiger partial charge in [-0.25, -0.2) is 13.1 Å². The van der Waals surface area contributed by atoms with Gasteiger partial charge in [0, 0.05) is 24.5 Å². The second-order valence-corrected chi connectivity index (χ2v) is 8.61. The van der Waals surface area contributed by atoms with E-state index < -0.39 is 16.0 Å². The van der Waals surface area contributed by atoms with Crippen LogP contribution in [0.4, 0.5) is 0 Å². The molecule has 2 rings (SSSR count). The van der Waals surface area contributed by atoms with Gasteiger partial charge in [-0.3, -0.25) is 14.8 Å². The molecule has 1 aromatic rings. The quantitative estimate of drug-likeness (QED) is 0.718. The van der Waals surface area contributed by atoms with Crippen LogP contribution >= 0.6 is 0 Å². The number of aromatic amines is 1. The molecule has 1 fully saturated rings. The number of nitrogens with one attached hydrogen (secondary N) is 2. The number of carboxylic acids is 1. The molecule has 3 N–H and O–H groups in total. The van der Waals surface area contributed by atoms with Crippen molar-refractivity contribution in [3.63, 3.8) is 0 Å². The molecule has 0 bridgehead atoms. The highest BCUT2D eigenvalue weighted by Gasteiger charge is 2.31. The van der Waals surface area contributed by atoms with Gasteiger partial charge in [0.2, 0.25) is 10.0 Å². The number of hydrogen-bond acceptors (Lipinski definition) is 5. The van der Waals surface area contributed by atoms with E-state index in [1.165, 1.54) is 6.20 Å². The lowest BCUT2D eigenvalue weighted by Gasteiger charge is -2.31. The molecule has 0 radical (unpaired) electrons. The van der Waals surface area contributed by atoms with E-state index in [1.54, 1.807) is 0 Å². The number of aliphatic carboxylic acids is 1. The highest BCUT2D eigenvalue weighted by atomic mass is 32.2. The van der Waals surface area contributed by atoms with Gasteiger partial charge >= 0.3 is 5.97 Å². The minimum absolute atomic E-state index is 0.00459. The summed E-state index contributed by atoms with van der Waals surface area (Å²) < 4.78 is 27.9. The van der Waals surface area contributed by atoms with Gasteiger partial charge in [0.25, 0.3) is 0 Å². The number of piperidine rings is 1. The normalized spacial score (nSPS) is 18.2. The van der Waals surface area contributed by atoms with Crippen LogP contribution in [0.3, 0.4) is 0 Å². The van der Waals surface area contributed by atoms with Crippen molar-refractivity contribution in [2.45, 2.75) is 50.0 Å². The van der Waals surface area contributed by atoms with Crippen LogP contribution in [0.5, 0.6) is 0 Å². The maximum Gasteiger partial charge on any atom is 0.317 e. The summed E-state index contributed by atoms with van der Waals surface area (Å²) in [5.41, 5.74) is 0.221. The van der Waals surface area contributed by atoms with Crippen molar-refractivity contribution < 1.29 is 18.3 Å². The molecule has 1 saturated heterocycles. The number of carbonyl (C=O) groups is 1. The van der Waals surface area contributed by atoms with Crippen molar-refractivity contribution in [2.75, 3.05) is 19.6 Å². The van der Waals surface area contributed by atoms with Gasteiger partial charge in [0.1, 0.15) is 4.90 Å². The zero-order valence-electron chi connectivity index (χ0n) is 13.7. The third-order valence-electron chi connectivity index (χ3n) is 3.91. The molecule has 130 valence electrons. The van der Waals surface area contributed by atoms with Gasteiger partial charge in [-0.15, -0.1) is 0 Å². The minimum atomic E-state index is -3.65. The number of hydrogen-bond donors (Lipinski definition) is 3. The van der Waals surface area contributed by atoms with Crippen molar-refractivity contribution in [3.05, 3.63) is 11.9 Å². The van der Waals surface area contributed by atoms with Crippen LogP contribution in [-0.4, -0.2) is 60.3 Å². The second kappa shape index (κ2) is 6.58. The Labute approximate surface area is 136 Å². The summed E-state index contributed by atoms with van der Waals surface area (Å²) >= 11 is 0. The van der Waals surface area contributed by atoms with Crippen molar-refractivity contribution in [1.29, 1.82) is 0 Å². The number of nitrogens with zero attached hydrogens (tertiary/aromatic N) is 2. The van der Waals surface area contributed by atoms with Crippen molar-refractivity contribution in [1.82, 2.24) is 19.8 Å². The largest absolute Gasteiger partial charge is 0.480 e. The van der Waals surface area contributed by atoms with Gasteiger partial charge < -0.3 is 5.11 Å². The van der Waals surface area contributed by atoms with Crippen LogP contribution in [0.2, 0.25) is 0 Å². The van der Waals surface area contributed by atoms with Gasteiger partial charge in [-0.2, -0.15) is 5.10 Å². The van der Waals surface area contributed by atoms with Crippen LogP contribution in [0.1, 0.15) is 39.3 Å². The first kappa shape index (κ1) is 17.9. The van der Waals surface area contributed by atoms with E-state index in [0.29, 0.717) is 31.6 Å². The second-order valence-electron chi connectivity index (χ2n) is 6.92. The summed E-state index contributed by atoms with van der Waals surface area (Å²) in [6.45, 7) is 6.89. The smallest absolute Gasteiger partial charge is 0.317 e. The van der Waals surface area contributed by atoms with E-state index in [1.807, 2.05) is 25.7 Å². The Hall–Kier alpha value is -1.45. The average molecular weight is 344 g/mol. The number of H-pyrrole nitrogens is 1. The van der Waals surface area contributed by atoms with Crippen LogP contribution in [-0.2, 0) is 20.2 Å². The predicted molar refractivity (Wildman–Crippen MR) is 84.7 cm³/mol. The monoisotopic (exact) mass is 344 g/mol. The predicted octanol–water partition coefficient (Wildman–Crippen LogP) is 0.535. The molecule has 0 amide bonds. The van der Waals surface area contributed by atoms with Crippen LogP contribution in [0.15, 0.2) is 11.1 Å². The lowest BCUT2D eigenvalue weighted by atomic mass is 9.92. The van der Waals surface area contributed by atoms with Crippen LogP contribution in [0, 0.1) is 0 Å². The zero-order valence-corrected chi connectivity index (χ0v) is 14.5. The average Bonchev–Trinajstić information content (AvgIpc) is 2.90. The molecule has 0 aromatic carbocycles. The molecule has 8 nitrogen and oxygen atoms in total. The van der Waals surface area contributed by atoms with Crippen molar-refractivity contribution in [2.24, 2.45) is 0 Å². The van der Waals surface area contributed by atoms with Gasteiger partial charge in [0.05, 0.1) is 18.4 Å². The Morgan fingerprint density at radius 3 is 2.57 bits per heavy atom. The van der Waals surface area contributed by atoms with E-state index in [9.17, 15) is 13.2 Å². The number of carboxylic acid groups (broad SMARTS) is 1.